The molecule has 2 N–H and O–H groups in total. The maximum absolute atomic E-state index is 12.6. The van der Waals surface area contributed by atoms with Gasteiger partial charge in [-0.15, -0.1) is 0 Å². The van der Waals surface area contributed by atoms with Gasteiger partial charge in [-0.2, -0.15) is 0 Å². The molecule has 134 valence electrons. The number of aromatic nitrogens is 1. The molecule has 4 aromatic rings. The van der Waals surface area contributed by atoms with Crippen LogP contribution in [0, 0.1) is 6.92 Å². The van der Waals surface area contributed by atoms with E-state index >= 15 is 0 Å². The van der Waals surface area contributed by atoms with E-state index in [4.69, 9.17) is 9.15 Å². The summed E-state index contributed by atoms with van der Waals surface area (Å²) in [5, 5.41) is 3.53. The first kappa shape index (κ1) is 16.7. The third-order valence-corrected chi connectivity index (χ3v) is 4.17. The van der Waals surface area contributed by atoms with E-state index in [2.05, 4.69) is 10.3 Å². The zero-order valence-electron chi connectivity index (χ0n) is 14.5. The molecule has 0 fully saturated rings. The second-order valence-corrected chi connectivity index (χ2v) is 6.02. The van der Waals surface area contributed by atoms with Crippen LogP contribution in [0.3, 0.4) is 0 Å². The van der Waals surface area contributed by atoms with Crippen molar-refractivity contribution in [2.24, 2.45) is 0 Å². The van der Waals surface area contributed by atoms with E-state index < -0.39 is 5.97 Å². The first-order valence-corrected chi connectivity index (χ1v) is 8.36. The summed E-state index contributed by atoms with van der Waals surface area (Å²) in [7, 11) is 0. The van der Waals surface area contributed by atoms with Crippen LogP contribution in [-0.4, -0.2) is 16.9 Å². The summed E-state index contributed by atoms with van der Waals surface area (Å²) in [6.07, 6.45) is 1.43. The first-order chi connectivity index (χ1) is 13.1. The van der Waals surface area contributed by atoms with Crippen molar-refractivity contribution in [1.82, 2.24) is 4.98 Å². The molecule has 2 heterocycles. The molecule has 0 unspecified atom stereocenters. The van der Waals surface area contributed by atoms with Crippen molar-refractivity contribution >= 4 is 28.5 Å². The maximum atomic E-state index is 12.6. The van der Waals surface area contributed by atoms with Gasteiger partial charge >= 0.3 is 5.97 Å². The molecule has 0 aliphatic carbocycles. The highest BCUT2D eigenvalue weighted by Gasteiger charge is 2.18. The number of ether oxygens (including phenoxy) is 1. The predicted octanol–water partition coefficient (Wildman–Crippen LogP) is 4.54. The number of H-pyrrole nitrogens is 1. The molecule has 0 spiro atoms. The molecule has 27 heavy (non-hydrogen) atoms. The number of esters is 1. The zero-order valence-corrected chi connectivity index (χ0v) is 14.5. The minimum absolute atomic E-state index is 0.223. The smallest absolute Gasteiger partial charge is 0.345 e. The van der Waals surface area contributed by atoms with Crippen LogP contribution < -0.4 is 10.1 Å². The Bertz CT molecular complexity index is 1110. The van der Waals surface area contributed by atoms with Gasteiger partial charge in [-0.25, -0.2) is 4.79 Å². The summed E-state index contributed by atoms with van der Waals surface area (Å²) in [6.45, 7) is 1.84. The quantitative estimate of drug-likeness (QED) is 0.413. The SMILES string of the molecule is Cc1[nH]c2ccccc2c1C(=O)Oc1ccc(NC(=O)c2ccco2)cc1. The van der Waals surface area contributed by atoms with Crippen LogP contribution in [0.25, 0.3) is 10.9 Å². The van der Waals surface area contributed by atoms with E-state index in [-0.39, 0.29) is 11.7 Å². The summed E-state index contributed by atoms with van der Waals surface area (Å²) in [6, 6.07) is 17.4. The fraction of sp³-hybridized carbons (Fsp3) is 0.0476. The number of aryl methyl sites for hydroxylation is 1. The van der Waals surface area contributed by atoms with Crippen LogP contribution in [0.1, 0.15) is 26.6 Å². The van der Waals surface area contributed by atoms with Gasteiger partial charge in [0.2, 0.25) is 0 Å². The monoisotopic (exact) mass is 360 g/mol. The van der Waals surface area contributed by atoms with Gasteiger partial charge < -0.3 is 19.5 Å². The number of amides is 1. The average Bonchev–Trinajstić information content (AvgIpc) is 3.30. The highest BCUT2D eigenvalue weighted by Crippen LogP contribution is 2.24. The highest BCUT2D eigenvalue weighted by atomic mass is 16.5. The Kier molecular flexibility index (Phi) is 4.22. The number of rotatable bonds is 4. The molecule has 2 aromatic carbocycles. The van der Waals surface area contributed by atoms with Crippen LogP contribution in [0.5, 0.6) is 5.75 Å². The number of hydrogen-bond donors (Lipinski definition) is 2. The summed E-state index contributed by atoms with van der Waals surface area (Å²) in [4.78, 5) is 27.7. The van der Waals surface area contributed by atoms with Crippen LogP contribution in [0.2, 0.25) is 0 Å². The number of hydrogen-bond acceptors (Lipinski definition) is 4. The lowest BCUT2D eigenvalue weighted by Gasteiger charge is -2.07. The van der Waals surface area contributed by atoms with Gasteiger partial charge in [0.25, 0.3) is 5.91 Å². The van der Waals surface area contributed by atoms with Gasteiger partial charge in [-0.1, -0.05) is 18.2 Å². The lowest BCUT2D eigenvalue weighted by atomic mass is 10.1. The number of anilines is 1. The fourth-order valence-corrected chi connectivity index (χ4v) is 2.90. The highest BCUT2D eigenvalue weighted by molar-refractivity contribution is 6.06. The molecule has 0 atom stereocenters. The van der Waals surface area contributed by atoms with Crippen molar-refractivity contribution in [1.29, 1.82) is 0 Å². The van der Waals surface area contributed by atoms with Crippen molar-refractivity contribution in [3.63, 3.8) is 0 Å². The number of carbonyl (C=O) groups excluding carboxylic acids is 2. The molecule has 0 bridgehead atoms. The van der Waals surface area contributed by atoms with Crippen LogP contribution >= 0.6 is 0 Å². The van der Waals surface area contributed by atoms with Crippen molar-refractivity contribution in [2.45, 2.75) is 6.92 Å². The minimum Gasteiger partial charge on any atom is -0.459 e. The van der Waals surface area contributed by atoms with Crippen LogP contribution in [0.15, 0.2) is 71.3 Å². The number of carbonyl (C=O) groups is 2. The van der Waals surface area contributed by atoms with Crippen molar-refractivity contribution in [3.05, 3.63) is 83.9 Å². The lowest BCUT2D eigenvalue weighted by Crippen LogP contribution is -2.11. The number of benzene rings is 2. The fourth-order valence-electron chi connectivity index (χ4n) is 2.90. The maximum Gasteiger partial charge on any atom is 0.345 e. The molecule has 0 aliphatic rings. The van der Waals surface area contributed by atoms with Gasteiger partial charge in [-0.05, 0) is 49.4 Å². The molecular formula is C21H16N2O4. The molecule has 6 heteroatoms. The average molecular weight is 360 g/mol. The second kappa shape index (κ2) is 6.84. The number of para-hydroxylation sites is 1. The molecule has 6 nitrogen and oxygen atoms in total. The molecule has 1 amide bonds. The Hall–Kier alpha value is -3.80. The lowest BCUT2D eigenvalue weighted by molar-refractivity contribution is 0.0736. The van der Waals surface area contributed by atoms with E-state index in [0.717, 1.165) is 16.6 Å². The van der Waals surface area contributed by atoms with Gasteiger partial charge in [0.05, 0.1) is 11.8 Å². The molecule has 2 aromatic heterocycles. The number of furan rings is 1. The largest absolute Gasteiger partial charge is 0.459 e. The number of fused-ring (bicyclic) bond motifs is 1. The van der Waals surface area contributed by atoms with Gasteiger partial charge in [0, 0.05) is 22.3 Å². The summed E-state index contributed by atoms with van der Waals surface area (Å²) >= 11 is 0. The third-order valence-electron chi connectivity index (χ3n) is 4.17. The Morgan fingerprint density at radius 2 is 1.78 bits per heavy atom. The second-order valence-electron chi connectivity index (χ2n) is 6.02. The molecular weight excluding hydrogens is 344 g/mol. The summed E-state index contributed by atoms with van der Waals surface area (Å²) in [5.74, 6) is -0.169. The Morgan fingerprint density at radius 1 is 1.00 bits per heavy atom. The predicted molar refractivity (Wildman–Crippen MR) is 101 cm³/mol. The normalized spacial score (nSPS) is 10.7. The standard InChI is InChI=1S/C21H16N2O4/c1-13-19(16-5-2-3-6-17(16)22-13)21(25)27-15-10-8-14(9-11-15)23-20(24)18-7-4-12-26-18/h2-12,22H,1H3,(H,23,24). The van der Waals surface area contributed by atoms with Crippen LogP contribution in [-0.2, 0) is 0 Å². The topological polar surface area (TPSA) is 84.3 Å². The van der Waals surface area contributed by atoms with E-state index in [1.165, 1.54) is 6.26 Å². The summed E-state index contributed by atoms with van der Waals surface area (Å²) < 4.78 is 10.5. The van der Waals surface area contributed by atoms with Crippen molar-refractivity contribution in [2.75, 3.05) is 5.32 Å². The van der Waals surface area contributed by atoms with Gasteiger partial charge in [0.15, 0.2) is 5.76 Å². The number of nitrogens with one attached hydrogen (secondary N) is 2. The first-order valence-electron chi connectivity index (χ1n) is 8.36. The van der Waals surface area contributed by atoms with E-state index in [1.807, 2.05) is 31.2 Å². The van der Waals surface area contributed by atoms with Crippen molar-refractivity contribution < 1.29 is 18.7 Å². The molecule has 0 radical (unpaired) electrons. The minimum atomic E-state index is -0.433. The zero-order chi connectivity index (χ0) is 18.8. The van der Waals surface area contributed by atoms with E-state index in [0.29, 0.717) is 17.0 Å². The van der Waals surface area contributed by atoms with E-state index in [1.54, 1.807) is 36.4 Å². The molecule has 0 aliphatic heterocycles. The summed E-state index contributed by atoms with van der Waals surface area (Å²) in [5.41, 5.74) is 2.72. The number of aromatic amines is 1. The van der Waals surface area contributed by atoms with E-state index in [9.17, 15) is 9.59 Å². The third kappa shape index (κ3) is 3.32. The van der Waals surface area contributed by atoms with Gasteiger partial charge in [-0.3, -0.25) is 4.79 Å². The Balaban J connectivity index is 1.49. The van der Waals surface area contributed by atoms with Crippen LogP contribution in [0.4, 0.5) is 5.69 Å². The van der Waals surface area contributed by atoms with Gasteiger partial charge in [0.1, 0.15) is 5.75 Å². The molecule has 0 saturated heterocycles. The molecule has 4 rings (SSSR count). The Labute approximate surface area is 154 Å². The van der Waals surface area contributed by atoms with Crippen molar-refractivity contribution in [3.8, 4) is 5.75 Å². The Morgan fingerprint density at radius 3 is 2.52 bits per heavy atom. The molecule has 0 saturated carbocycles.